The van der Waals surface area contributed by atoms with Crippen LogP contribution < -0.4 is 4.74 Å². The number of hydrogen-bond donors (Lipinski definition) is 0. The Kier molecular flexibility index (Phi) is 5.49. The first-order valence-electron chi connectivity index (χ1n) is 8.37. The topological polar surface area (TPSA) is 74.5 Å². The number of esters is 1. The Morgan fingerprint density at radius 2 is 1.89 bits per heavy atom. The highest BCUT2D eigenvalue weighted by molar-refractivity contribution is 5.71. The SMILES string of the molecule is Cc1ccc(C)c(OCC(=O)OCc2nc(-c3ccc(C)c(F)c3)no2)c1. The molecule has 2 aromatic carbocycles. The van der Waals surface area contributed by atoms with E-state index in [2.05, 4.69) is 10.1 Å². The molecule has 0 fully saturated rings. The fourth-order valence-corrected chi connectivity index (χ4v) is 2.35. The van der Waals surface area contributed by atoms with Crippen molar-refractivity contribution in [2.45, 2.75) is 27.4 Å². The van der Waals surface area contributed by atoms with Crippen molar-refractivity contribution in [3.63, 3.8) is 0 Å². The van der Waals surface area contributed by atoms with Crippen molar-refractivity contribution in [2.24, 2.45) is 0 Å². The van der Waals surface area contributed by atoms with Gasteiger partial charge in [0.25, 0.3) is 5.89 Å². The van der Waals surface area contributed by atoms with Crippen LogP contribution in [0.5, 0.6) is 5.75 Å². The smallest absolute Gasteiger partial charge is 0.344 e. The fraction of sp³-hybridized carbons (Fsp3) is 0.250. The van der Waals surface area contributed by atoms with Gasteiger partial charge >= 0.3 is 5.97 Å². The van der Waals surface area contributed by atoms with Crippen LogP contribution in [0.1, 0.15) is 22.6 Å². The quantitative estimate of drug-likeness (QED) is 0.612. The summed E-state index contributed by atoms with van der Waals surface area (Å²) >= 11 is 0. The number of nitrogens with zero attached hydrogens (tertiary/aromatic N) is 2. The Balaban J connectivity index is 1.54. The first kappa shape index (κ1) is 18.6. The minimum absolute atomic E-state index is 0.117. The maximum absolute atomic E-state index is 13.6. The number of carbonyl (C=O) groups excluding carboxylic acids is 1. The molecule has 27 heavy (non-hydrogen) atoms. The zero-order valence-corrected chi connectivity index (χ0v) is 15.3. The van der Waals surface area contributed by atoms with Crippen molar-refractivity contribution in [3.05, 3.63) is 64.8 Å². The highest BCUT2D eigenvalue weighted by atomic mass is 19.1. The van der Waals surface area contributed by atoms with Gasteiger partial charge in [0, 0.05) is 5.56 Å². The highest BCUT2D eigenvalue weighted by Gasteiger charge is 2.13. The van der Waals surface area contributed by atoms with E-state index in [0.29, 0.717) is 16.9 Å². The molecule has 7 heteroatoms. The standard InChI is InChI=1S/C20H19FN2O4/c1-12-4-5-14(3)17(8-12)25-11-19(24)26-10-18-22-20(23-27-18)15-7-6-13(2)16(21)9-15/h4-9H,10-11H2,1-3H3. The Morgan fingerprint density at radius 1 is 1.11 bits per heavy atom. The predicted molar refractivity (Wildman–Crippen MR) is 95.6 cm³/mol. The lowest BCUT2D eigenvalue weighted by molar-refractivity contribution is -0.148. The average Bonchev–Trinajstić information content (AvgIpc) is 3.12. The molecule has 0 atom stereocenters. The monoisotopic (exact) mass is 370 g/mol. The number of ether oxygens (including phenoxy) is 2. The predicted octanol–water partition coefficient (Wildman–Crippen LogP) is 3.92. The van der Waals surface area contributed by atoms with Gasteiger partial charge in [-0.25, -0.2) is 9.18 Å². The summed E-state index contributed by atoms with van der Waals surface area (Å²) in [5, 5.41) is 3.77. The van der Waals surface area contributed by atoms with Gasteiger partial charge < -0.3 is 14.0 Å². The van der Waals surface area contributed by atoms with Crippen molar-refractivity contribution in [1.29, 1.82) is 0 Å². The molecule has 0 aliphatic carbocycles. The van der Waals surface area contributed by atoms with Gasteiger partial charge in [-0.15, -0.1) is 0 Å². The molecule has 0 saturated heterocycles. The molecule has 0 bridgehead atoms. The lowest BCUT2D eigenvalue weighted by Crippen LogP contribution is -2.15. The van der Waals surface area contributed by atoms with Crippen molar-refractivity contribution in [1.82, 2.24) is 10.1 Å². The second kappa shape index (κ2) is 7.99. The van der Waals surface area contributed by atoms with Crippen LogP contribution >= 0.6 is 0 Å². The molecule has 3 aromatic rings. The largest absolute Gasteiger partial charge is 0.482 e. The van der Waals surface area contributed by atoms with E-state index in [4.69, 9.17) is 14.0 Å². The van der Waals surface area contributed by atoms with E-state index in [1.807, 2.05) is 32.0 Å². The summed E-state index contributed by atoms with van der Waals surface area (Å²) in [6.07, 6.45) is 0. The summed E-state index contributed by atoms with van der Waals surface area (Å²) < 4.78 is 29.2. The third-order valence-corrected chi connectivity index (χ3v) is 3.94. The van der Waals surface area contributed by atoms with Gasteiger partial charge in [-0.3, -0.25) is 0 Å². The minimum Gasteiger partial charge on any atom is -0.482 e. The van der Waals surface area contributed by atoms with Crippen LogP contribution in [0.15, 0.2) is 40.9 Å². The minimum atomic E-state index is -0.558. The number of aryl methyl sites for hydroxylation is 3. The number of carbonyl (C=O) groups is 1. The molecule has 6 nitrogen and oxygen atoms in total. The maximum atomic E-state index is 13.6. The highest BCUT2D eigenvalue weighted by Crippen LogP contribution is 2.20. The van der Waals surface area contributed by atoms with E-state index >= 15 is 0 Å². The molecule has 0 spiro atoms. The van der Waals surface area contributed by atoms with Crippen LogP contribution in [0.4, 0.5) is 4.39 Å². The van der Waals surface area contributed by atoms with Crippen molar-refractivity contribution in [2.75, 3.05) is 6.61 Å². The Hall–Kier alpha value is -3.22. The lowest BCUT2D eigenvalue weighted by Gasteiger charge is -2.09. The molecule has 1 aromatic heterocycles. The van der Waals surface area contributed by atoms with Gasteiger partial charge in [-0.2, -0.15) is 4.98 Å². The van der Waals surface area contributed by atoms with Crippen molar-refractivity contribution >= 4 is 5.97 Å². The molecule has 1 heterocycles. The Morgan fingerprint density at radius 3 is 2.67 bits per heavy atom. The normalized spacial score (nSPS) is 10.7. The zero-order valence-electron chi connectivity index (χ0n) is 15.3. The van der Waals surface area contributed by atoms with E-state index in [-0.39, 0.29) is 30.7 Å². The molecule has 0 saturated carbocycles. The number of halogens is 1. The van der Waals surface area contributed by atoms with Crippen LogP contribution in [0.2, 0.25) is 0 Å². The summed E-state index contributed by atoms with van der Waals surface area (Å²) in [7, 11) is 0. The van der Waals surface area contributed by atoms with Gasteiger partial charge in [0.1, 0.15) is 11.6 Å². The summed E-state index contributed by atoms with van der Waals surface area (Å²) in [5.41, 5.74) is 2.98. The molecule has 0 radical (unpaired) electrons. The van der Waals surface area contributed by atoms with Gasteiger partial charge in [0.15, 0.2) is 13.2 Å². The summed E-state index contributed by atoms with van der Waals surface area (Å²) in [6.45, 7) is 5.09. The maximum Gasteiger partial charge on any atom is 0.344 e. The Labute approximate surface area is 155 Å². The summed E-state index contributed by atoms with van der Waals surface area (Å²) in [6, 6.07) is 10.4. The lowest BCUT2D eigenvalue weighted by atomic mass is 10.1. The molecule has 140 valence electrons. The fourth-order valence-electron chi connectivity index (χ4n) is 2.35. The van der Waals surface area contributed by atoms with Gasteiger partial charge in [0.05, 0.1) is 0 Å². The molecule has 0 N–H and O–H groups in total. The van der Waals surface area contributed by atoms with E-state index in [1.165, 1.54) is 6.07 Å². The number of hydrogen-bond acceptors (Lipinski definition) is 6. The molecule has 0 aliphatic heterocycles. The van der Waals surface area contributed by atoms with E-state index < -0.39 is 5.97 Å². The van der Waals surface area contributed by atoms with E-state index in [9.17, 15) is 9.18 Å². The van der Waals surface area contributed by atoms with E-state index in [0.717, 1.165) is 11.1 Å². The third kappa shape index (κ3) is 4.69. The second-order valence-corrected chi connectivity index (χ2v) is 6.19. The average molecular weight is 370 g/mol. The second-order valence-electron chi connectivity index (χ2n) is 6.19. The van der Waals surface area contributed by atoms with Gasteiger partial charge in [0.2, 0.25) is 5.82 Å². The first-order valence-corrected chi connectivity index (χ1v) is 8.37. The zero-order chi connectivity index (χ0) is 19.4. The summed E-state index contributed by atoms with van der Waals surface area (Å²) in [4.78, 5) is 16.0. The van der Waals surface area contributed by atoms with Crippen LogP contribution in [0.3, 0.4) is 0 Å². The number of aromatic nitrogens is 2. The number of rotatable bonds is 6. The van der Waals surface area contributed by atoms with Crippen molar-refractivity contribution < 1.29 is 23.2 Å². The van der Waals surface area contributed by atoms with Crippen molar-refractivity contribution in [3.8, 4) is 17.1 Å². The van der Waals surface area contributed by atoms with Gasteiger partial charge in [-0.1, -0.05) is 29.4 Å². The molecular formula is C20H19FN2O4. The number of benzene rings is 2. The first-order chi connectivity index (χ1) is 12.9. The van der Waals surface area contributed by atoms with E-state index in [1.54, 1.807) is 19.1 Å². The molecule has 0 amide bonds. The summed E-state index contributed by atoms with van der Waals surface area (Å²) in [5.74, 6) is 0.0667. The van der Waals surface area contributed by atoms with Crippen LogP contribution in [-0.2, 0) is 16.1 Å². The Bertz CT molecular complexity index is 968. The third-order valence-electron chi connectivity index (χ3n) is 3.94. The molecular weight excluding hydrogens is 351 g/mol. The van der Waals surface area contributed by atoms with Crippen LogP contribution in [0.25, 0.3) is 11.4 Å². The molecule has 0 unspecified atom stereocenters. The molecule has 3 rings (SSSR count). The van der Waals surface area contributed by atoms with Gasteiger partial charge in [-0.05, 0) is 49.6 Å². The van der Waals surface area contributed by atoms with Crippen LogP contribution in [-0.4, -0.2) is 22.7 Å². The van der Waals surface area contributed by atoms with Crippen LogP contribution in [0, 0.1) is 26.6 Å². The molecule has 0 aliphatic rings.